The second-order valence-electron chi connectivity index (χ2n) is 8.94. The molecule has 4 aliphatic rings. The van der Waals surface area contributed by atoms with Crippen molar-refractivity contribution in [2.75, 3.05) is 0 Å². The van der Waals surface area contributed by atoms with E-state index >= 15 is 0 Å². The van der Waals surface area contributed by atoms with Gasteiger partial charge in [-0.15, -0.1) is 0 Å². The lowest BCUT2D eigenvalue weighted by atomic mass is 9.52. The number of nitriles is 3. The summed E-state index contributed by atoms with van der Waals surface area (Å²) in [4.78, 5) is 0. The SMILES string of the molecule is C=C(C)C1CC=C(C2OC34CCCCCC3C(C#N)(C(=N)O4)C2(C#N)C#N)CC1. The molecule has 2 bridgehead atoms. The normalized spacial score (nSPS) is 40.1. The van der Waals surface area contributed by atoms with Gasteiger partial charge in [0.15, 0.2) is 5.41 Å². The Kier molecular flexibility index (Phi) is 4.56. The van der Waals surface area contributed by atoms with Gasteiger partial charge in [0.25, 0.3) is 0 Å². The summed E-state index contributed by atoms with van der Waals surface area (Å²) in [6.07, 6.45) is 7.46. The number of allylic oxidation sites excluding steroid dienone is 2. The van der Waals surface area contributed by atoms with Crippen molar-refractivity contribution in [3.05, 3.63) is 23.8 Å². The van der Waals surface area contributed by atoms with Crippen molar-refractivity contribution in [2.24, 2.45) is 22.7 Å². The molecule has 5 unspecified atom stereocenters. The predicted octanol–water partition coefficient (Wildman–Crippen LogP) is 4.52. The van der Waals surface area contributed by atoms with Crippen LogP contribution < -0.4 is 0 Å². The lowest BCUT2D eigenvalue weighted by Crippen LogP contribution is -2.63. The Morgan fingerprint density at radius 1 is 1.17 bits per heavy atom. The number of nitrogens with zero attached hydrogens (tertiary/aromatic N) is 3. The molecular weight excluding hydrogens is 364 g/mol. The molecular formula is C23H26N4O2. The molecule has 2 heterocycles. The Hall–Kier alpha value is -2.62. The van der Waals surface area contributed by atoms with Crippen LogP contribution in [0.4, 0.5) is 0 Å². The fourth-order valence-electron chi connectivity index (χ4n) is 5.91. The first-order valence-electron chi connectivity index (χ1n) is 10.4. The molecule has 150 valence electrons. The van der Waals surface area contributed by atoms with Crippen LogP contribution in [0.25, 0.3) is 0 Å². The van der Waals surface area contributed by atoms with E-state index in [1.165, 1.54) is 0 Å². The quantitative estimate of drug-likeness (QED) is 0.697. The minimum absolute atomic E-state index is 0.270. The van der Waals surface area contributed by atoms with Gasteiger partial charge >= 0.3 is 0 Å². The zero-order valence-corrected chi connectivity index (χ0v) is 16.8. The molecule has 0 aromatic rings. The van der Waals surface area contributed by atoms with Crippen molar-refractivity contribution < 1.29 is 9.47 Å². The van der Waals surface area contributed by atoms with Gasteiger partial charge in [-0.25, -0.2) is 0 Å². The summed E-state index contributed by atoms with van der Waals surface area (Å²) in [5.74, 6) is -1.45. The fraction of sp³-hybridized carbons (Fsp3) is 0.652. The lowest BCUT2D eigenvalue weighted by molar-refractivity contribution is -0.273. The van der Waals surface area contributed by atoms with E-state index in [-0.39, 0.29) is 5.90 Å². The van der Waals surface area contributed by atoms with E-state index in [1.807, 2.05) is 6.92 Å². The minimum Gasteiger partial charge on any atom is -0.447 e. The maximum Gasteiger partial charge on any atom is 0.217 e. The van der Waals surface area contributed by atoms with Crippen molar-refractivity contribution in [3.8, 4) is 18.2 Å². The monoisotopic (exact) mass is 390 g/mol. The van der Waals surface area contributed by atoms with Gasteiger partial charge in [0, 0.05) is 6.42 Å². The highest BCUT2D eigenvalue weighted by Crippen LogP contribution is 2.66. The van der Waals surface area contributed by atoms with Crippen LogP contribution in [-0.4, -0.2) is 17.8 Å². The zero-order chi connectivity index (χ0) is 20.9. The largest absolute Gasteiger partial charge is 0.447 e. The summed E-state index contributed by atoms with van der Waals surface area (Å²) < 4.78 is 12.5. The molecule has 0 amide bonds. The maximum absolute atomic E-state index is 10.3. The molecule has 2 aliphatic heterocycles. The Labute approximate surface area is 171 Å². The fourth-order valence-corrected chi connectivity index (χ4v) is 5.91. The highest BCUT2D eigenvalue weighted by atomic mass is 16.7. The molecule has 2 aliphatic carbocycles. The third-order valence-electron chi connectivity index (χ3n) is 7.55. The van der Waals surface area contributed by atoms with Gasteiger partial charge in [0.1, 0.15) is 6.10 Å². The molecule has 0 aromatic carbocycles. The summed E-state index contributed by atoms with van der Waals surface area (Å²) in [5, 5.41) is 39.5. The molecule has 29 heavy (non-hydrogen) atoms. The molecule has 0 radical (unpaired) electrons. The van der Waals surface area contributed by atoms with Crippen LogP contribution in [0.3, 0.4) is 0 Å². The number of nitrogens with one attached hydrogen (secondary N) is 1. The van der Waals surface area contributed by atoms with Gasteiger partial charge in [0.05, 0.1) is 24.1 Å². The Morgan fingerprint density at radius 3 is 2.52 bits per heavy atom. The van der Waals surface area contributed by atoms with Crippen molar-refractivity contribution >= 4 is 5.90 Å². The second-order valence-corrected chi connectivity index (χ2v) is 8.94. The first-order valence-corrected chi connectivity index (χ1v) is 10.4. The Balaban J connectivity index is 1.87. The predicted molar refractivity (Wildman–Crippen MR) is 105 cm³/mol. The molecule has 3 fully saturated rings. The Bertz CT molecular complexity index is 903. The van der Waals surface area contributed by atoms with Crippen LogP contribution in [-0.2, 0) is 9.47 Å². The van der Waals surface area contributed by atoms with Gasteiger partial charge < -0.3 is 9.47 Å². The number of rotatable bonds is 2. The molecule has 0 aromatic heterocycles. The highest BCUT2D eigenvalue weighted by Gasteiger charge is 2.80. The van der Waals surface area contributed by atoms with Crippen molar-refractivity contribution in [2.45, 2.75) is 70.2 Å². The van der Waals surface area contributed by atoms with Gasteiger partial charge in [-0.3, -0.25) is 5.41 Å². The van der Waals surface area contributed by atoms with Crippen molar-refractivity contribution in [1.82, 2.24) is 0 Å². The van der Waals surface area contributed by atoms with Crippen LogP contribution in [0.2, 0.25) is 0 Å². The van der Waals surface area contributed by atoms with Crippen LogP contribution in [0.15, 0.2) is 23.8 Å². The third-order valence-corrected chi connectivity index (χ3v) is 7.55. The average molecular weight is 390 g/mol. The summed E-state index contributed by atoms with van der Waals surface area (Å²) in [5.41, 5.74) is -1.39. The smallest absolute Gasteiger partial charge is 0.217 e. The van der Waals surface area contributed by atoms with Crippen LogP contribution in [0, 0.1) is 62.1 Å². The lowest BCUT2D eigenvalue weighted by Gasteiger charge is -2.50. The van der Waals surface area contributed by atoms with Gasteiger partial charge in [-0.2, -0.15) is 15.8 Å². The van der Waals surface area contributed by atoms with Gasteiger partial charge in [-0.05, 0) is 50.5 Å². The van der Waals surface area contributed by atoms with Gasteiger partial charge in [-0.1, -0.05) is 31.1 Å². The molecule has 0 spiro atoms. The molecule has 1 N–H and O–H groups in total. The van der Waals surface area contributed by atoms with E-state index in [0.29, 0.717) is 25.2 Å². The van der Waals surface area contributed by atoms with E-state index in [0.717, 1.165) is 43.3 Å². The van der Waals surface area contributed by atoms with Crippen LogP contribution in [0.1, 0.15) is 58.3 Å². The highest BCUT2D eigenvalue weighted by molar-refractivity contribution is 5.89. The van der Waals surface area contributed by atoms with E-state index in [2.05, 4.69) is 30.9 Å². The molecule has 1 saturated carbocycles. The summed E-state index contributed by atoms with van der Waals surface area (Å²) in [7, 11) is 0. The van der Waals surface area contributed by atoms with E-state index < -0.39 is 28.6 Å². The third kappa shape index (κ3) is 2.38. The number of hydrogen-bond acceptors (Lipinski definition) is 6. The van der Waals surface area contributed by atoms with E-state index in [4.69, 9.17) is 14.9 Å². The first kappa shape index (κ1) is 19.7. The van der Waals surface area contributed by atoms with Crippen molar-refractivity contribution in [1.29, 1.82) is 21.2 Å². The molecule has 5 atom stereocenters. The zero-order valence-electron chi connectivity index (χ0n) is 16.8. The standard InChI is InChI=1S/C23H26N4O2/c1-15(2)16-7-9-17(10-8-16)19-21(12-24,13-25)22(14-26)18-6-4-3-5-11-23(18,28-19)29-20(22)27/h9,16,18-19,27H,1,3-8,10-11H2,2H3. The second kappa shape index (κ2) is 6.72. The Morgan fingerprint density at radius 2 is 1.93 bits per heavy atom. The number of hydrogen-bond donors (Lipinski definition) is 1. The minimum atomic E-state index is -1.80. The number of ether oxygens (including phenoxy) is 2. The van der Waals surface area contributed by atoms with Crippen LogP contribution in [0.5, 0.6) is 0 Å². The topological polar surface area (TPSA) is 114 Å². The van der Waals surface area contributed by atoms with E-state index in [9.17, 15) is 15.8 Å². The molecule has 4 rings (SSSR count). The first-order chi connectivity index (χ1) is 13.9. The van der Waals surface area contributed by atoms with Gasteiger partial charge in [0.2, 0.25) is 17.1 Å². The molecule has 6 nitrogen and oxygen atoms in total. The summed E-state index contributed by atoms with van der Waals surface area (Å²) in [6, 6.07) is 6.57. The summed E-state index contributed by atoms with van der Waals surface area (Å²) in [6.45, 7) is 6.07. The van der Waals surface area contributed by atoms with Crippen molar-refractivity contribution in [3.63, 3.8) is 0 Å². The average Bonchev–Trinajstić information content (AvgIpc) is 2.86. The summed E-state index contributed by atoms with van der Waals surface area (Å²) >= 11 is 0. The van der Waals surface area contributed by atoms with Crippen LogP contribution >= 0.6 is 0 Å². The van der Waals surface area contributed by atoms with E-state index in [1.54, 1.807) is 0 Å². The maximum atomic E-state index is 10.3. The molecule has 6 heteroatoms. The molecule has 2 saturated heterocycles.